The molecular formula is C22H29NO3. The van der Waals surface area contributed by atoms with Gasteiger partial charge in [-0.15, -0.1) is 0 Å². The number of rotatable bonds is 9. The number of carbonyl (C=O) groups is 1. The summed E-state index contributed by atoms with van der Waals surface area (Å²) in [5.74, 6) is 1.10. The van der Waals surface area contributed by atoms with Crippen LogP contribution in [0.2, 0.25) is 0 Å². The number of methoxy groups -OCH3 is 1. The minimum Gasteiger partial charge on any atom is -0.493 e. The number of carbonyl (C=O) groups excluding carboxylic acids is 1. The number of para-hydroxylation sites is 2. The minimum atomic E-state index is -0.550. The highest BCUT2D eigenvalue weighted by molar-refractivity contribution is 5.81. The summed E-state index contributed by atoms with van der Waals surface area (Å²) >= 11 is 0. The zero-order chi connectivity index (χ0) is 18.9. The maximum absolute atomic E-state index is 12.6. The summed E-state index contributed by atoms with van der Waals surface area (Å²) in [7, 11) is 1.59. The van der Waals surface area contributed by atoms with Crippen LogP contribution in [-0.2, 0) is 24.2 Å². The molecule has 0 fully saturated rings. The molecule has 0 spiro atoms. The third-order valence-electron chi connectivity index (χ3n) is 4.51. The Labute approximate surface area is 156 Å². The molecule has 1 atom stereocenters. The summed E-state index contributed by atoms with van der Waals surface area (Å²) in [5, 5.41) is 3.03. The van der Waals surface area contributed by atoms with Crippen molar-refractivity contribution in [3.05, 3.63) is 59.2 Å². The highest BCUT2D eigenvalue weighted by Crippen LogP contribution is 2.27. The molecule has 0 saturated heterocycles. The van der Waals surface area contributed by atoms with Crippen LogP contribution in [0.25, 0.3) is 0 Å². The summed E-state index contributed by atoms with van der Waals surface area (Å²) in [6, 6.07) is 13.9. The van der Waals surface area contributed by atoms with Crippen LogP contribution in [-0.4, -0.2) is 19.1 Å². The van der Waals surface area contributed by atoms with Gasteiger partial charge in [-0.1, -0.05) is 51.1 Å². The minimum absolute atomic E-state index is 0.109. The molecule has 2 rings (SSSR count). The van der Waals surface area contributed by atoms with Gasteiger partial charge in [-0.2, -0.15) is 0 Å². The Morgan fingerprint density at radius 2 is 1.73 bits per heavy atom. The quantitative estimate of drug-likeness (QED) is 0.730. The molecule has 26 heavy (non-hydrogen) atoms. The first-order valence-corrected chi connectivity index (χ1v) is 9.30. The van der Waals surface area contributed by atoms with Crippen LogP contribution in [0.5, 0.6) is 11.5 Å². The Morgan fingerprint density at radius 3 is 2.35 bits per heavy atom. The van der Waals surface area contributed by atoms with E-state index in [4.69, 9.17) is 9.47 Å². The normalized spacial score (nSPS) is 11.7. The van der Waals surface area contributed by atoms with E-state index < -0.39 is 6.10 Å². The Balaban J connectivity index is 2.05. The number of hydrogen-bond donors (Lipinski definition) is 1. The summed E-state index contributed by atoms with van der Waals surface area (Å²) in [6.07, 6.45) is 1.97. The molecule has 2 aromatic carbocycles. The number of aryl methyl sites for hydroxylation is 2. The topological polar surface area (TPSA) is 47.6 Å². The molecule has 0 aliphatic carbocycles. The van der Waals surface area contributed by atoms with E-state index in [1.54, 1.807) is 7.11 Å². The van der Waals surface area contributed by atoms with Crippen LogP contribution in [0.1, 0.15) is 43.9 Å². The molecule has 4 nitrogen and oxygen atoms in total. The molecule has 1 N–H and O–H groups in total. The van der Waals surface area contributed by atoms with E-state index in [2.05, 4.69) is 37.4 Å². The highest BCUT2D eigenvalue weighted by atomic mass is 16.5. The molecule has 0 aliphatic heterocycles. The Hall–Kier alpha value is -2.49. The standard InChI is InChI=1S/C22H29NO3/c1-5-16-12-13-17(6-2)18(14-16)15-23-22(24)19(7-3)26-21-11-9-8-10-20(21)25-4/h8-14,19H,5-7,15H2,1-4H3,(H,23,24)/t19-/m1/s1. The van der Waals surface area contributed by atoms with Gasteiger partial charge >= 0.3 is 0 Å². The molecule has 1 amide bonds. The summed E-state index contributed by atoms with van der Waals surface area (Å²) in [5.41, 5.74) is 3.72. The maximum atomic E-state index is 12.6. The molecule has 0 aliphatic rings. The fourth-order valence-corrected chi connectivity index (χ4v) is 2.90. The lowest BCUT2D eigenvalue weighted by molar-refractivity contribution is -0.128. The Morgan fingerprint density at radius 1 is 1.00 bits per heavy atom. The molecule has 0 radical (unpaired) electrons. The van der Waals surface area contributed by atoms with Gasteiger partial charge in [0.25, 0.3) is 5.91 Å². The largest absolute Gasteiger partial charge is 0.493 e. The second-order valence-corrected chi connectivity index (χ2v) is 6.19. The average molecular weight is 355 g/mol. The Bertz CT molecular complexity index is 727. The summed E-state index contributed by atoms with van der Waals surface area (Å²) in [4.78, 5) is 12.6. The molecule has 0 saturated carbocycles. The van der Waals surface area contributed by atoms with Gasteiger partial charge in [0.1, 0.15) is 0 Å². The monoisotopic (exact) mass is 355 g/mol. The zero-order valence-electron chi connectivity index (χ0n) is 16.2. The first-order valence-electron chi connectivity index (χ1n) is 9.30. The van der Waals surface area contributed by atoms with E-state index in [-0.39, 0.29) is 5.91 Å². The molecule has 4 heteroatoms. The first kappa shape index (κ1) is 19.8. The van der Waals surface area contributed by atoms with E-state index in [0.717, 1.165) is 12.8 Å². The second kappa shape index (κ2) is 9.85. The van der Waals surface area contributed by atoms with Crippen LogP contribution in [0.4, 0.5) is 0 Å². The van der Waals surface area contributed by atoms with E-state index >= 15 is 0 Å². The average Bonchev–Trinajstić information content (AvgIpc) is 2.70. The van der Waals surface area contributed by atoms with Crippen LogP contribution in [0.3, 0.4) is 0 Å². The van der Waals surface area contributed by atoms with Crippen LogP contribution >= 0.6 is 0 Å². The zero-order valence-corrected chi connectivity index (χ0v) is 16.2. The highest BCUT2D eigenvalue weighted by Gasteiger charge is 2.20. The van der Waals surface area contributed by atoms with Crippen LogP contribution in [0, 0.1) is 0 Å². The van der Waals surface area contributed by atoms with Gasteiger partial charge in [-0.25, -0.2) is 0 Å². The van der Waals surface area contributed by atoms with E-state index in [0.29, 0.717) is 24.5 Å². The van der Waals surface area contributed by atoms with E-state index in [9.17, 15) is 4.79 Å². The molecule has 0 heterocycles. The van der Waals surface area contributed by atoms with Crippen molar-refractivity contribution in [2.75, 3.05) is 7.11 Å². The second-order valence-electron chi connectivity index (χ2n) is 6.19. The predicted molar refractivity (Wildman–Crippen MR) is 105 cm³/mol. The fraction of sp³-hybridized carbons (Fsp3) is 0.409. The van der Waals surface area contributed by atoms with Crippen molar-refractivity contribution in [3.8, 4) is 11.5 Å². The van der Waals surface area contributed by atoms with Crippen LogP contribution in [0.15, 0.2) is 42.5 Å². The van der Waals surface area contributed by atoms with Gasteiger partial charge in [0, 0.05) is 6.54 Å². The lowest BCUT2D eigenvalue weighted by atomic mass is 10.0. The molecule has 0 unspecified atom stereocenters. The van der Waals surface area contributed by atoms with Crippen molar-refractivity contribution in [3.63, 3.8) is 0 Å². The van der Waals surface area contributed by atoms with E-state index in [1.807, 2.05) is 31.2 Å². The van der Waals surface area contributed by atoms with Gasteiger partial charge in [0.2, 0.25) is 0 Å². The fourth-order valence-electron chi connectivity index (χ4n) is 2.90. The molecule has 0 aromatic heterocycles. The number of amides is 1. The van der Waals surface area contributed by atoms with Gasteiger partial charge in [-0.3, -0.25) is 4.79 Å². The Kier molecular flexibility index (Phi) is 7.52. The van der Waals surface area contributed by atoms with Crippen LogP contribution < -0.4 is 14.8 Å². The molecular weight excluding hydrogens is 326 g/mol. The van der Waals surface area contributed by atoms with Crippen molar-refractivity contribution < 1.29 is 14.3 Å². The number of benzene rings is 2. The number of hydrogen-bond acceptors (Lipinski definition) is 3. The maximum Gasteiger partial charge on any atom is 0.261 e. The van der Waals surface area contributed by atoms with Crippen molar-refractivity contribution in [1.29, 1.82) is 0 Å². The first-order chi connectivity index (χ1) is 12.6. The van der Waals surface area contributed by atoms with Gasteiger partial charge in [0.15, 0.2) is 17.6 Å². The number of nitrogens with one attached hydrogen (secondary N) is 1. The third-order valence-corrected chi connectivity index (χ3v) is 4.51. The third kappa shape index (κ3) is 5.01. The summed E-state index contributed by atoms with van der Waals surface area (Å²) in [6.45, 7) is 6.72. The van der Waals surface area contributed by atoms with Gasteiger partial charge in [-0.05, 0) is 48.1 Å². The van der Waals surface area contributed by atoms with E-state index in [1.165, 1.54) is 16.7 Å². The lowest BCUT2D eigenvalue weighted by Gasteiger charge is -2.19. The van der Waals surface area contributed by atoms with Crippen molar-refractivity contribution in [2.45, 2.75) is 52.7 Å². The molecule has 0 bridgehead atoms. The lowest BCUT2D eigenvalue weighted by Crippen LogP contribution is -2.37. The molecule has 2 aromatic rings. The van der Waals surface area contributed by atoms with Crippen molar-refractivity contribution >= 4 is 5.91 Å². The predicted octanol–water partition coefficient (Wildman–Crippen LogP) is 4.29. The molecule has 140 valence electrons. The SMILES string of the molecule is CCc1ccc(CC)c(CNC(=O)[C@@H](CC)Oc2ccccc2OC)c1. The van der Waals surface area contributed by atoms with Crippen molar-refractivity contribution in [1.82, 2.24) is 5.32 Å². The van der Waals surface area contributed by atoms with Crippen molar-refractivity contribution in [2.24, 2.45) is 0 Å². The van der Waals surface area contributed by atoms with Gasteiger partial charge < -0.3 is 14.8 Å². The smallest absolute Gasteiger partial charge is 0.261 e. The van der Waals surface area contributed by atoms with Gasteiger partial charge in [0.05, 0.1) is 7.11 Å². The summed E-state index contributed by atoms with van der Waals surface area (Å²) < 4.78 is 11.2. The number of ether oxygens (including phenoxy) is 2.